The van der Waals surface area contributed by atoms with Crippen LogP contribution in [0, 0.1) is 10.8 Å². The summed E-state index contributed by atoms with van der Waals surface area (Å²) >= 11 is 0. The summed E-state index contributed by atoms with van der Waals surface area (Å²) in [6.45, 7) is 7.90. The van der Waals surface area contributed by atoms with Crippen LogP contribution in [-0.4, -0.2) is 43.8 Å². The lowest BCUT2D eigenvalue weighted by atomic mass is 9.90. The number of rotatable bonds is 6. The molecular formula is C22H26N4O4. The Bertz CT molecular complexity index is 974. The third kappa shape index (κ3) is 4.09. The summed E-state index contributed by atoms with van der Waals surface area (Å²) in [6, 6.07) is 3.72. The van der Waals surface area contributed by atoms with E-state index in [2.05, 4.69) is 22.5 Å². The monoisotopic (exact) mass is 410 g/mol. The van der Waals surface area contributed by atoms with Crippen molar-refractivity contribution in [2.75, 3.05) is 25.1 Å². The maximum atomic E-state index is 12.9. The van der Waals surface area contributed by atoms with Gasteiger partial charge in [-0.05, 0) is 26.0 Å². The molecule has 0 atom stereocenters. The first-order valence-electron chi connectivity index (χ1n) is 9.87. The van der Waals surface area contributed by atoms with Crippen molar-refractivity contribution >= 4 is 24.0 Å². The minimum absolute atomic E-state index is 0.0461. The molecule has 1 aromatic carbocycles. The van der Waals surface area contributed by atoms with Gasteiger partial charge < -0.3 is 30.3 Å². The van der Waals surface area contributed by atoms with Crippen LogP contribution in [0.5, 0.6) is 11.5 Å². The number of anilines is 1. The number of hydrogen-bond acceptors (Lipinski definition) is 7. The third-order valence-electron chi connectivity index (χ3n) is 5.14. The van der Waals surface area contributed by atoms with Crippen LogP contribution in [0.25, 0.3) is 0 Å². The van der Waals surface area contributed by atoms with Gasteiger partial charge in [-0.1, -0.05) is 6.92 Å². The second-order valence-electron chi connectivity index (χ2n) is 8.73. The van der Waals surface area contributed by atoms with E-state index in [1.807, 2.05) is 26.0 Å². The average molecular weight is 410 g/mol. The van der Waals surface area contributed by atoms with Crippen molar-refractivity contribution in [2.24, 2.45) is 10.4 Å². The summed E-state index contributed by atoms with van der Waals surface area (Å²) < 4.78 is 17.4. The maximum absolute atomic E-state index is 12.9. The molecule has 0 spiro atoms. The van der Waals surface area contributed by atoms with Crippen LogP contribution in [0.1, 0.15) is 26.3 Å². The standard InChI is InChI=1S/C22H26N4O4/c1-21(2)9-14-7-16(26-20(27)15(10-23)19-24-5-4-6-25-19)18(8-17(14)30-21)29-13-22(3)11-28-12-22/h4-8,10,23-24H,9,11-13H2,1-3H3,(H,26,27)/b19-15-,23-10?. The van der Waals surface area contributed by atoms with E-state index in [1.165, 1.54) is 0 Å². The van der Waals surface area contributed by atoms with Gasteiger partial charge in [0.15, 0.2) is 0 Å². The highest BCUT2D eigenvalue weighted by molar-refractivity contribution is 6.18. The predicted octanol–water partition coefficient (Wildman–Crippen LogP) is 2.80. The van der Waals surface area contributed by atoms with Crippen LogP contribution in [0.15, 0.2) is 40.8 Å². The molecule has 8 heteroatoms. The molecule has 8 nitrogen and oxygen atoms in total. The second-order valence-corrected chi connectivity index (χ2v) is 8.73. The summed E-state index contributed by atoms with van der Waals surface area (Å²) in [4.78, 5) is 17.1. The Balaban J connectivity index is 1.62. The van der Waals surface area contributed by atoms with Crippen molar-refractivity contribution in [1.29, 1.82) is 5.41 Å². The molecule has 0 aromatic heterocycles. The number of amides is 1. The SMILES string of the molecule is CC1(COc2cc3c(cc2NC(=O)/C(C=N)=C2\N=CC=CN2)CC(C)(C)O3)COC1. The molecular weight excluding hydrogens is 384 g/mol. The molecule has 0 bridgehead atoms. The molecule has 0 aliphatic carbocycles. The van der Waals surface area contributed by atoms with Crippen molar-refractivity contribution in [3.63, 3.8) is 0 Å². The van der Waals surface area contributed by atoms with Gasteiger partial charge in [-0.2, -0.15) is 0 Å². The van der Waals surface area contributed by atoms with Crippen LogP contribution in [-0.2, 0) is 16.0 Å². The molecule has 3 N–H and O–H groups in total. The zero-order valence-corrected chi connectivity index (χ0v) is 17.4. The van der Waals surface area contributed by atoms with E-state index in [0.717, 1.165) is 23.9 Å². The molecule has 1 aromatic rings. The van der Waals surface area contributed by atoms with E-state index >= 15 is 0 Å². The van der Waals surface area contributed by atoms with Gasteiger partial charge in [0.1, 0.15) is 22.9 Å². The van der Waals surface area contributed by atoms with E-state index in [9.17, 15) is 4.79 Å². The molecule has 3 aliphatic heterocycles. The predicted molar refractivity (Wildman–Crippen MR) is 114 cm³/mol. The minimum atomic E-state index is -0.443. The van der Waals surface area contributed by atoms with E-state index in [-0.39, 0.29) is 16.6 Å². The molecule has 0 saturated carbocycles. The molecule has 4 rings (SSSR count). The average Bonchev–Trinajstić information content (AvgIpc) is 2.98. The molecule has 1 fully saturated rings. The van der Waals surface area contributed by atoms with Gasteiger partial charge in [-0.15, -0.1) is 0 Å². The molecule has 1 amide bonds. The van der Waals surface area contributed by atoms with E-state index in [1.54, 1.807) is 18.5 Å². The normalized spacial score (nSPS) is 21.6. The summed E-state index contributed by atoms with van der Waals surface area (Å²) in [7, 11) is 0. The molecule has 0 radical (unpaired) electrons. The first-order valence-corrected chi connectivity index (χ1v) is 9.87. The summed E-state index contributed by atoms with van der Waals surface area (Å²) in [5, 5.41) is 13.4. The lowest BCUT2D eigenvalue weighted by Gasteiger charge is -2.37. The highest BCUT2D eigenvalue weighted by Gasteiger charge is 2.36. The van der Waals surface area contributed by atoms with Crippen LogP contribution >= 0.6 is 0 Å². The fourth-order valence-electron chi connectivity index (χ4n) is 3.54. The molecule has 0 unspecified atom stereocenters. The number of carbonyl (C=O) groups is 1. The first-order chi connectivity index (χ1) is 14.3. The van der Waals surface area contributed by atoms with Crippen molar-refractivity contribution in [1.82, 2.24) is 5.32 Å². The van der Waals surface area contributed by atoms with E-state index in [4.69, 9.17) is 19.6 Å². The third-order valence-corrected chi connectivity index (χ3v) is 5.14. The van der Waals surface area contributed by atoms with Gasteiger partial charge in [0.05, 0.1) is 31.1 Å². The van der Waals surface area contributed by atoms with Crippen LogP contribution < -0.4 is 20.1 Å². The van der Waals surface area contributed by atoms with E-state index in [0.29, 0.717) is 37.1 Å². The van der Waals surface area contributed by atoms with Crippen molar-refractivity contribution in [2.45, 2.75) is 32.8 Å². The summed E-state index contributed by atoms with van der Waals surface area (Å²) in [6.07, 6.45) is 6.65. The highest BCUT2D eigenvalue weighted by Crippen LogP contribution is 2.42. The van der Waals surface area contributed by atoms with Crippen LogP contribution in [0.2, 0.25) is 0 Å². The maximum Gasteiger partial charge on any atom is 0.261 e. The van der Waals surface area contributed by atoms with Gasteiger partial charge in [-0.3, -0.25) is 4.79 Å². The number of nitrogens with one attached hydrogen (secondary N) is 3. The number of carbonyl (C=O) groups excluding carboxylic acids is 1. The van der Waals surface area contributed by atoms with Crippen LogP contribution in [0.3, 0.4) is 0 Å². The topological polar surface area (TPSA) is 105 Å². The van der Waals surface area contributed by atoms with Crippen molar-refractivity contribution < 1.29 is 19.0 Å². The van der Waals surface area contributed by atoms with Gasteiger partial charge >= 0.3 is 0 Å². The number of aliphatic imine (C=N–C) groups is 1. The Labute approximate surface area is 175 Å². The van der Waals surface area contributed by atoms with Gasteiger partial charge in [0.2, 0.25) is 0 Å². The molecule has 158 valence electrons. The van der Waals surface area contributed by atoms with Crippen LogP contribution in [0.4, 0.5) is 5.69 Å². The number of allylic oxidation sites excluding steroid dienone is 1. The Morgan fingerprint density at radius 2 is 2.17 bits per heavy atom. The summed E-state index contributed by atoms with van der Waals surface area (Å²) in [5.41, 5.74) is 1.31. The zero-order valence-electron chi connectivity index (χ0n) is 17.4. The summed E-state index contributed by atoms with van der Waals surface area (Å²) in [5.74, 6) is 1.16. The molecule has 3 heterocycles. The Hall–Kier alpha value is -3.13. The molecule has 30 heavy (non-hydrogen) atoms. The minimum Gasteiger partial charge on any atom is -0.491 e. The molecule has 1 saturated heterocycles. The largest absolute Gasteiger partial charge is 0.491 e. The zero-order chi connectivity index (χ0) is 21.4. The van der Waals surface area contributed by atoms with Gasteiger partial charge in [0.25, 0.3) is 5.91 Å². The fraction of sp³-hybridized carbons (Fsp3) is 0.409. The van der Waals surface area contributed by atoms with Gasteiger partial charge in [-0.25, -0.2) is 4.99 Å². The van der Waals surface area contributed by atoms with Gasteiger partial charge in [0, 0.05) is 42.1 Å². The highest BCUT2D eigenvalue weighted by atomic mass is 16.5. The first kappa shape index (κ1) is 20.2. The Morgan fingerprint density at radius 3 is 2.80 bits per heavy atom. The smallest absolute Gasteiger partial charge is 0.261 e. The number of benzene rings is 1. The molecule has 3 aliphatic rings. The Morgan fingerprint density at radius 1 is 1.37 bits per heavy atom. The van der Waals surface area contributed by atoms with Crippen molar-refractivity contribution in [3.8, 4) is 11.5 Å². The lowest BCUT2D eigenvalue weighted by molar-refractivity contribution is -0.120. The number of fused-ring (bicyclic) bond motifs is 1. The quantitative estimate of drug-likeness (QED) is 0.494. The van der Waals surface area contributed by atoms with Crippen molar-refractivity contribution in [3.05, 3.63) is 41.4 Å². The number of nitrogens with zero attached hydrogens (tertiary/aromatic N) is 1. The number of hydrogen-bond donors (Lipinski definition) is 3. The fourth-order valence-corrected chi connectivity index (χ4v) is 3.54. The Kier molecular flexibility index (Phi) is 5.11. The second kappa shape index (κ2) is 7.60. The van der Waals surface area contributed by atoms with E-state index < -0.39 is 5.91 Å². The lowest BCUT2D eigenvalue weighted by Crippen LogP contribution is -2.44. The number of ether oxygens (including phenoxy) is 3.